The highest BCUT2D eigenvalue weighted by Crippen LogP contribution is 2.23. The van der Waals surface area contributed by atoms with Crippen LogP contribution in [0.25, 0.3) is 10.9 Å². The summed E-state index contributed by atoms with van der Waals surface area (Å²) in [5.41, 5.74) is 1.46. The van der Waals surface area contributed by atoms with Crippen LogP contribution in [0.3, 0.4) is 0 Å². The summed E-state index contributed by atoms with van der Waals surface area (Å²) in [6.45, 7) is 1.20. The number of nitrogens with one attached hydrogen (secondary N) is 1. The van der Waals surface area contributed by atoms with Crippen LogP contribution in [0.1, 0.15) is 23.3 Å². The Morgan fingerprint density at radius 2 is 2.07 bits per heavy atom. The summed E-state index contributed by atoms with van der Waals surface area (Å²) < 4.78 is 30.5. The van der Waals surface area contributed by atoms with E-state index >= 15 is 0 Å². The Hall–Kier alpha value is -2.75. The normalized spacial score (nSPS) is 17.1. The van der Waals surface area contributed by atoms with Crippen molar-refractivity contribution in [3.05, 3.63) is 54.2 Å². The number of aromatic nitrogens is 2. The second-order valence-corrected chi connectivity index (χ2v) is 8.27. The largest absolute Gasteiger partial charge is 0.376 e. The molecular weight excluding hydrogens is 380 g/mol. The van der Waals surface area contributed by atoms with E-state index in [1.807, 2.05) is 24.3 Å². The van der Waals surface area contributed by atoms with E-state index in [1.165, 1.54) is 18.2 Å². The highest BCUT2D eigenvalue weighted by molar-refractivity contribution is 7.89. The Morgan fingerprint density at radius 3 is 2.82 bits per heavy atom. The zero-order valence-corrected chi connectivity index (χ0v) is 15.9. The van der Waals surface area contributed by atoms with Crippen molar-refractivity contribution in [2.45, 2.75) is 30.4 Å². The molecule has 0 radical (unpaired) electrons. The smallest absolute Gasteiger partial charge is 0.274 e. The molecule has 2 heterocycles. The average molecular weight is 400 g/mol. The fourth-order valence-corrected chi connectivity index (χ4v) is 3.93. The van der Waals surface area contributed by atoms with Crippen molar-refractivity contribution in [1.82, 2.24) is 9.78 Å². The number of ether oxygens (including phenoxy) is 1. The zero-order chi connectivity index (χ0) is 19.7. The minimum atomic E-state index is -3.86. The lowest BCUT2D eigenvalue weighted by Crippen LogP contribution is -2.23. The van der Waals surface area contributed by atoms with Gasteiger partial charge in [0.15, 0.2) is 0 Å². The molecule has 3 N–H and O–H groups in total. The lowest BCUT2D eigenvalue weighted by molar-refractivity contribution is 0.0905. The minimum Gasteiger partial charge on any atom is -0.376 e. The third-order valence-electron chi connectivity index (χ3n) is 4.68. The number of amides is 1. The molecule has 0 aliphatic carbocycles. The summed E-state index contributed by atoms with van der Waals surface area (Å²) in [6.07, 6.45) is 1.94. The number of hydrogen-bond acceptors (Lipinski definition) is 5. The molecule has 1 fully saturated rings. The number of carbonyl (C=O) groups excluding carboxylic acids is 1. The van der Waals surface area contributed by atoms with E-state index in [9.17, 15) is 13.2 Å². The average Bonchev–Trinajstić information content (AvgIpc) is 3.28. The van der Waals surface area contributed by atoms with Crippen LogP contribution in [0, 0.1) is 0 Å². The number of nitrogens with zero attached hydrogens (tertiary/aromatic N) is 2. The van der Waals surface area contributed by atoms with Crippen LogP contribution in [-0.4, -0.2) is 36.8 Å². The van der Waals surface area contributed by atoms with Crippen LogP contribution in [0.15, 0.2) is 53.4 Å². The molecule has 0 spiro atoms. The SMILES string of the molecule is NS(=O)(=O)c1cccc(NC(=O)c2c3ccccc3nn2CC2CCCO2)c1. The summed E-state index contributed by atoms with van der Waals surface area (Å²) in [6, 6.07) is 13.2. The van der Waals surface area contributed by atoms with Gasteiger partial charge in [-0.15, -0.1) is 0 Å². The molecule has 1 aliphatic rings. The van der Waals surface area contributed by atoms with E-state index in [2.05, 4.69) is 10.4 Å². The highest BCUT2D eigenvalue weighted by Gasteiger charge is 2.23. The third kappa shape index (κ3) is 3.77. The van der Waals surface area contributed by atoms with E-state index in [1.54, 1.807) is 10.7 Å². The van der Waals surface area contributed by atoms with Gasteiger partial charge in [-0.2, -0.15) is 5.10 Å². The van der Waals surface area contributed by atoms with Gasteiger partial charge in [0.05, 0.1) is 23.1 Å². The maximum absolute atomic E-state index is 13.1. The van der Waals surface area contributed by atoms with Crippen LogP contribution >= 0.6 is 0 Å². The molecule has 146 valence electrons. The predicted molar refractivity (Wildman–Crippen MR) is 104 cm³/mol. The Balaban J connectivity index is 1.68. The van der Waals surface area contributed by atoms with E-state index < -0.39 is 10.0 Å². The number of benzene rings is 2. The van der Waals surface area contributed by atoms with E-state index in [-0.39, 0.29) is 16.9 Å². The fraction of sp³-hybridized carbons (Fsp3) is 0.263. The molecule has 1 amide bonds. The van der Waals surface area contributed by atoms with Crippen molar-refractivity contribution in [3.63, 3.8) is 0 Å². The maximum Gasteiger partial charge on any atom is 0.274 e. The molecule has 1 aromatic heterocycles. The first kappa shape index (κ1) is 18.6. The molecule has 1 saturated heterocycles. The molecule has 28 heavy (non-hydrogen) atoms. The molecule has 0 saturated carbocycles. The summed E-state index contributed by atoms with van der Waals surface area (Å²) in [7, 11) is -3.86. The fourth-order valence-electron chi connectivity index (χ4n) is 3.37. The Labute approximate surface area is 162 Å². The second kappa shape index (κ2) is 7.34. The molecular formula is C19H20N4O4S. The van der Waals surface area contributed by atoms with Crippen molar-refractivity contribution in [3.8, 4) is 0 Å². The monoisotopic (exact) mass is 400 g/mol. The number of hydrogen-bond donors (Lipinski definition) is 2. The Kier molecular flexibility index (Phi) is 4.88. The van der Waals surface area contributed by atoms with Crippen LogP contribution in [0.2, 0.25) is 0 Å². The lowest BCUT2D eigenvalue weighted by atomic mass is 10.2. The van der Waals surface area contributed by atoms with Crippen molar-refractivity contribution in [2.24, 2.45) is 5.14 Å². The number of carbonyl (C=O) groups is 1. The summed E-state index contributed by atoms with van der Waals surface area (Å²) in [5, 5.41) is 13.2. The van der Waals surface area contributed by atoms with Gasteiger partial charge >= 0.3 is 0 Å². The molecule has 2 aromatic carbocycles. The van der Waals surface area contributed by atoms with Crippen LogP contribution in [-0.2, 0) is 21.3 Å². The van der Waals surface area contributed by atoms with Gasteiger partial charge in [0.25, 0.3) is 5.91 Å². The van der Waals surface area contributed by atoms with Crippen molar-refractivity contribution < 1.29 is 17.9 Å². The number of primary sulfonamides is 1. The molecule has 9 heteroatoms. The Morgan fingerprint density at radius 1 is 1.25 bits per heavy atom. The van der Waals surface area contributed by atoms with E-state index in [0.29, 0.717) is 30.0 Å². The molecule has 3 aromatic rings. The molecule has 4 rings (SSSR count). The minimum absolute atomic E-state index is 0.0200. The molecule has 1 atom stereocenters. The van der Waals surface area contributed by atoms with Gasteiger partial charge in [0, 0.05) is 17.7 Å². The molecule has 8 nitrogen and oxygen atoms in total. The first-order chi connectivity index (χ1) is 13.4. The zero-order valence-electron chi connectivity index (χ0n) is 15.0. The standard InChI is InChI=1S/C19H20N4O4S/c20-28(25,26)15-7-3-5-13(11-15)21-19(24)18-16-8-1-2-9-17(16)22-23(18)12-14-6-4-10-27-14/h1-3,5,7-9,11,14H,4,6,10,12H2,(H,21,24)(H2,20,25,26). The number of fused-ring (bicyclic) bond motifs is 1. The lowest BCUT2D eigenvalue weighted by Gasteiger charge is -2.13. The number of sulfonamides is 1. The van der Waals surface area contributed by atoms with Crippen molar-refractivity contribution in [2.75, 3.05) is 11.9 Å². The topological polar surface area (TPSA) is 116 Å². The number of nitrogens with two attached hydrogens (primary N) is 1. The van der Waals surface area contributed by atoms with Crippen LogP contribution in [0.5, 0.6) is 0 Å². The van der Waals surface area contributed by atoms with Gasteiger partial charge in [-0.1, -0.05) is 24.3 Å². The summed E-state index contributed by atoms with van der Waals surface area (Å²) in [4.78, 5) is 13.0. The Bertz CT molecular complexity index is 1130. The molecule has 1 aliphatic heterocycles. The maximum atomic E-state index is 13.1. The number of rotatable bonds is 5. The first-order valence-electron chi connectivity index (χ1n) is 8.93. The van der Waals surface area contributed by atoms with Crippen LogP contribution < -0.4 is 10.5 Å². The van der Waals surface area contributed by atoms with Gasteiger partial charge in [0.1, 0.15) is 5.69 Å². The van der Waals surface area contributed by atoms with Gasteiger partial charge in [-0.3, -0.25) is 9.48 Å². The van der Waals surface area contributed by atoms with Gasteiger partial charge < -0.3 is 10.1 Å². The van der Waals surface area contributed by atoms with Gasteiger partial charge in [0.2, 0.25) is 10.0 Å². The number of anilines is 1. The van der Waals surface area contributed by atoms with Gasteiger partial charge in [-0.05, 0) is 37.1 Å². The summed E-state index contributed by atoms with van der Waals surface area (Å²) in [5.74, 6) is -0.377. The second-order valence-electron chi connectivity index (χ2n) is 6.71. The van der Waals surface area contributed by atoms with E-state index in [0.717, 1.165) is 18.2 Å². The molecule has 1 unspecified atom stereocenters. The van der Waals surface area contributed by atoms with Crippen molar-refractivity contribution in [1.29, 1.82) is 0 Å². The van der Waals surface area contributed by atoms with Gasteiger partial charge in [-0.25, -0.2) is 13.6 Å². The summed E-state index contributed by atoms with van der Waals surface area (Å²) >= 11 is 0. The quantitative estimate of drug-likeness (QED) is 0.680. The highest BCUT2D eigenvalue weighted by atomic mass is 32.2. The van der Waals surface area contributed by atoms with Crippen molar-refractivity contribution >= 4 is 32.5 Å². The predicted octanol–water partition coefficient (Wildman–Crippen LogP) is 2.12. The van der Waals surface area contributed by atoms with Crippen LogP contribution in [0.4, 0.5) is 5.69 Å². The molecule has 0 bridgehead atoms. The third-order valence-corrected chi connectivity index (χ3v) is 5.59. The first-order valence-corrected chi connectivity index (χ1v) is 10.5. The van der Waals surface area contributed by atoms with E-state index in [4.69, 9.17) is 9.88 Å².